The van der Waals surface area contributed by atoms with Crippen molar-refractivity contribution in [1.29, 1.82) is 0 Å². The number of aliphatic carboxylic acids is 1. The molecule has 1 amide bonds. The van der Waals surface area contributed by atoms with Crippen molar-refractivity contribution in [2.24, 2.45) is 5.92 Å². The van der Waals surface area contributed by atoms with Crippen molar-refractivity contribution < 1.29 is 32.3 Å². The third kappa shape index (κ3) is 4.86. The monoisotopic (exact) mass is 516 g/mol. The maximum atomic E-state index is 13.5. The number of nitrogens with one attached hydrogen (secondary N) is 1. The second-order valence-electron chi connectivity index (χ2n) is 8.90. The van der Waals surface area contributed by atoms with Gasteiger partial charge in [0, 0.05) is 55.0 Å². The topological polar surface area (TPSA) is 126 Å². The molecule has 1 aliphatic heterocycles. The lowest BCUT2D eigenvalue weighted by Gasteiger charge is -2.36. The van der Waals surface area contributed by atoms with E-state index in [4.69, 9.17) is 4.42 Å². The van der Waals surface area contributed by atoms with Crippen molar-refractivity contribution in [3.8, 4) is 11.3 Å². The van der Waals surface area contributed by atoms with E-state index < -0.39 is 34.9 Å². The standard InChI is InChI=1S/C25H28FN3O6S/c1-4-29(36(33)34)20-11-21-19(10-18(20)15-9-16(25(31)32)13-28(3)12-15)22(24(30)27-2)23(35-21)14-5-7-17(26)8-6-14/h5-8,10-11,15-16H,4,9,12-13H2,1-3H3,(H,27,30)(H,31,32)(H,33,34)/p-1. The van der Waals surface area contributed by atoms with Crippen LogP contribution in [0.1, 0.15) is 35.2 Å². The number of nitrogens with zero attached hydrogens (tertiary/aromatic N) is 2. The van der Waals surface area contributed by atoms with E-state index in [2.05, 4.69) is 5.32 Å². The van der Waals surface area contributed by atoms with E-state index in [0.717, 1.165) is 0 Å². The first-order chi connectivity index (χ1) is 17.1. The zero-order valence-corrected chi connectivity index (χ0v) is 20.9. The summed E-state index contributed by atoms with van der Waals surface area (Å²) in [6.45, 7) is 2.74. The minimum atomic E-state index is -2.60. The summed E-state index contributed by atoms with van der Waals surface area (Å²) in [4.78, 5) is 26.7. The molecule has 1 aliphatic rings. The molecule has 3 unspecified atom stereocenters. The molecule has 4 rings (SSSR count). The predicted molar refractivity (Wildman–Crippen MR) is 133 cm³/mol. The molecule has 3 atom stereocenters. The fraction of sp³-hybridized carbons (Fsp3) is 0.360. The van der Waals surface area contributed by atoms with Gasteiger partial charge in [0.2, 0.25) is 0 Å². The fourth-order valence-electron chi connectivity index (χ4n) is 4.93. The number of likely N-dealkylation sites (tertiary alicyclic amines) is 1. The Morgan fingerprint density at radius 2 is 1.97 bits per heavy atom. The number of hydrogen-bond donors (Lipinski definition) is 2. The van der Waals surface area contributed by atoms with Crippen molar-refractivity contribution in [3.63, 3.8) is 0 Å². The molecule has 36 heavy (non-hydrogen) atoms. The van der Waals surface area contributed by atoms with E-state index in [-0.39, 0.29) is 29.4 Å². The van der Waals surface area contributed by atoms with Gasteiger partial charge in [-0.05, 0) is 62.2 Å². The first-order valence-electron chi connectivity index (χ1n) is 11.5. The fourth-order valence-corrected chi connectivity index (χ4v) is 5.46. The molecule has 0 aliphatic carbocycles. The lowest BCUT2D eigenvalue weighted by molar-refractivity contribution is -0.143. The summed E-state index contributed by atoms with van der Waals surface area (Å²) >= 11 is -2.60. The summed E-state index contributed by atoms with van der Waals surface area (Å²) in [5.41, 5.74) is 1.98. The van der Waals surface area contributed by atoms with Crippen molar-refractivity contribution in [1.82, 2.24) is 10.2 Å². The molecule has 192 valence electrons. The molecule has 2 aromatic carbocycles. The van der Waals surface area contributed by atoms with Crippen LogP contribution in [0.2, 0.25) is 0 Å². The Balaban J connectivity index is 1.99. The molecule has 9 nitrogen and oxygen atoms in total. The predicted octanol–water partition coefficient (Wildman–Crippen LogP) is 3.34. The highest BCUT2D eigenvalue weighted by atomic mass is 32.2. The largest absolute Gasteiger partial charge is 0.755 e. The van der Waals surface area contributed by atoms with E-state index in [1.54, 1.807) is 19.1 Å². The second-order valence-corrected chi connectivity index (χ2v) is 9.78. The summed E-state index contributed by atoms with van der Waals surface area (Å²) in [7, 11) is 3.31. The lowest BCUT2D eigenvalue weighted by atomic mass is 9.83. The zero-order chi connectivity index (χ0) is 26.1. The Bertz CT molecular complexity index is 1330. The van der Waals surface area contributed by atoms with Gasteiger partial charge in [0.05, 0.1) is 17.2 Å². The van der Waals surface area contributed by atoms with Crippen LogP contribution in [0.5, 0.6) is 0 Å². The highest BCUT2D eigenvalue weighted by Crippen LogP contribution is 2.42. The number of carbonyl (C=O) groups is 2. The molecule has 2 N–H and O–H groups in total. The molecule has 1 saturated heterocycles. The smallest absolute Gasteiger partial charge is 0.307 e. The average molecular weight is 517 g/mol. The Labute approximate surface area is 210 Å². The average Bonchev–Trinajstić information content (AvgIpc) is 3.21. The molecule has 1 fully saturated rings. The van der Waals surface area contributed by atoms with Crippen LogP contribution in [-0.4, -0.2) is 64.4 Å². The summed E-state index contributed by atoms with van der Waals surface area (Å²) in [5, 5.41) is 12.7. The second kappa shape index (κ2) is 10.4. The van der Waals surface area contributed by atoms with Crippen LogP contribution in [0, 0.1) is 11.7 Å². The number of carbonyl (C=O) groups excluding carboxylic acids is 1. The first-order valence-corrected chi connectivity index (χ1v) is 12.5. The number of carboxylic acids is 1. The molecule has 0 saturated carbocycles. The highest BCUT2D eigenvalue weighted by molar-refractivity contribution is 7.80. The van der Waals surface area contributed by atoms with Gasteiger partial charge in [0.1, 0.15) is 17.2 Å². The minimum absolute atomic E-state index is 0.146. The summed E-state index contributed by atoms with van der Waals surface area (Å²) in [6, 6.07) is 8.82. The number of furan rings is 1. The van der Waals surface area contributed by atoms with Crippen LogP contribution in [0.3, 0.4) is 0 Å². The van der Waals surface area contributed by atoms with Crippen molar-refractivity contribution >= 4 is 39.8 Å². The molecule has 3 aromatic rings. The van der Waals surface area contributed by atoms with Gasteiger partial charge in [-0.3, -0.25) is 13.8 Å². The van der Waals surface area contributed by atoms with E-state index in [0.29, 0.717) is 41.7 Å². The summed E-state index contributed by atoms with van der Waals surface area (Å²) in [6.07, 6.45) is 0.319. The number of amides is 1. The van der Waals surface area contributed by atoms with Gasteiger partial charge in [-0.25, -0.2) is 4.39 Å². The van der Waals surface area contributed by atoms with Gasteiger partial charge in [-0.15, -0.1) is 0 Å². The number of piperidine rings is 1. The maximum absolute atomic E-state index is 13.5. The molecule has 1 aromatic heterocycles. The number of likely N-dealkylation sites (N-methyl/N-ethyl adjacent to an activating group) is 1. The van der Waals surface area contributed by atoms with Crippen LogP contribution in [0.15, 0.2) is 40.8 Å². The Morgan fingerprint density at radius 1 is 1.28 bits per heavy atom. The number of benzene rings is 2. The molecule has 2 heterocycles. The van der Waals surface area contributed by atoms with E-state index >= 15 is 0 Å². The lowest BCUT2D eigenvalue weighted by Crippen LogP contribution is -2.40. The zero-order valence-electron chi connectivity index (χ0n) is 20.1. The van der Waals surface area contributed by atoms with Crippen LogP contribution in [0.4, 0.5) is 10.1 Å². The van der Waals surface area contributed by atoms with Crippen molar-refractivity contribution in [3.05, 3.63) is 53.3 Å². The van der Waals surface area contributed by atoms with E-state index in [9.17, 15) is 27.8 Å². The number of halogens is 1. The van der Waals surface area contributed by atoms with E-state index in [1.807, 2.05) is 11.9 Å². The molecular formula is C25H27FN3O6S-. The highest BCUT2D eigenvalue weighted by Gasteiger charge is 2.34. The number of fused-ring (bicyclic) bond motifs is 1. The molecule has 0 spiro atoms. The van der Waals surface area contributed by atoms with Gasteiger partial charge in [-0.1, -0.05) is 0 Å². The van der Waals surface area contributed by atoms with Gasteiger partial charge < -0.3 is 28.6 Å². The quantitative estimate of drug-likeness (QED) is 0.461. The molecule has 0 bridgehead atoms. The Morgan fingerprint density at radius 3 is 2.56 bits per heavy atom. The minimum Gasteiger partial charge on any atom is -0.755 e. The number of hydrogen-bond acceptors (Lipinski definition) is 6. The third-order valence-electron chi connectivity index (χ3n) is 6.56. The van der Waals surface area contributed by atoms with Crippen LogP contribution >= 0.6 is 0 Å². The maximum Gasteiger partial charge on any atom is 0.307 e. The Kier molecular flexibility index (Phi) is 7.43. The van der Waals surface area contributed by atoms with Gasteiger partial charge >= 0.3 is 5.97 Å². The SMILES string of the molecule is CCN(c1cc2oc(-c3ccc(F)cc3)c(C(=O)NC)c2cc1C1CC(C(=O)O)CN(C)C1)S(=O)[O-]. The van der Waals surface area contributed by atoms with Gasteiger partial charge in [0.15, 0.2) is 0 Å². The molecule has 11 heteroatoms. The number of rotatable bonds is 7. The summed E-state index contributed by atoms with van der Waals surface area (Å²) in [5.74, 6) is -2.47. The van der Waals surface area contributed by atoms with Crippen molar-refractivity contribution in [2.75, 3.05) is 38.0 Å². The van der Waals surface area contributed by atoms with Gasteiger partial charge in [0.25, 0.3) is 5.91 Å². The summed E-state index contributed by atoms with van der Waals surface area (Å²) < 4.78 is 45.0. The number of anilines is 1. The van der Waals surface area contributed by atoms with E-state index in [1.165, 1.54) is 35.6 Å². The normalized spacial score (nSPS) is 19.2. The van der Waals surface area contributed by atoms with Crippen LogP contribution in [-0.2, 0) is 16.1 Å². The molecular weight excluding hydrogens is 489 g/mol. The van der Waals surface area contributed by atoms with Gasteiger partial charge in [-0.2, -0.15) is 0 Å². The van der Waals surface area contributed by atoms with Crippen LogP contribution < -0.4 is 9.62 Å². The molecule has 0 radical (unpaired) electrons. The Hall–Kier alpha value is -3.28. The van der Waals surface area contributed by atoms with Crippen LogP contribution in [0.25, 0.3) is 22.3 Å². The third-order valence-corrected chi connectivity index (χ3v) is 7.37. The van der Waals surface area contributed by atoms with Crippen molar-refractivity contribution in [2.45, 2.75) is 19.3 Å². The first kappa shape index (κ1) is 25.8. The number of carboxylic acid groups (broad SMARTS) is 1.